The highest BCUT2D eigenvalue weighted by Crippen LogP contribution is 2.40. The first-order valence-corrected chi connectivity index (χ1v) is 7.49. The molecule has 1 nitrogen and oxygen atoms in total. The summed E-state index contributed by atoms with van der Waals surface area (Å²) in [7, 11) is 0. The molecule has 0 aromatic heterocycles. The van der Waals surface area contributed by atoms with Crippen LogP contribution in [0.25, 0.3) is 0 Å². The van der Waals surface area contributed by atoms with E-state index >= 15 is 0 Å². The number of nitrogens with two attached hydrogens (primary N) is 1. The monoisotopic (exact) mass is 245 g/mol. The van der Waals surface area contributed by atoms with E-state index in [0.717, 1.165) is 18.4 Å². The molecule has 0 bridgehead atoms. The van der Waals surface area contributed by atoms with Crippen molar-refractivity contribution in [3.63, 3.8) is 0 Å². The third-order valence-electron chi connectivity index (χ3n) is 4.68. The minimum absolute atomic E-state index is 0.648. The van der Waals surface area contributed by atoms with Crippen molar-refractivity contribution in [2.75, 3.05) is 6.54 Å². The summed E-state index contributed by atoms with van der Waals surface area (Å²) in [5.74, 6) is 2.15. The lowest BCUT2D eigenvalue weighted by molar-refractivity contribution is 0.287. The Balaban J connectivity index is 2.22. The predicted octanol–water partition coefficient (Wildman–Crippen LogP) is 4.25. The minimum atomic E-state index is 0.648. The molecule has 0 saturated heterocycles. The van der Waals surface area contributed by atoms with Gasteiger partial charge in [-0.2, -0.15) is 0 Å². The Morgan fingerprint density at radius 1 is 1.11 bits per heavy atom. The van der Waals surface area contributed by atoms with E-state index in [0.29, 0.717) is 5.92 Å². The molecule has 3 unspecified atom stereocenters. The average molecular weight is 245 g/mol. The number of hydrogen-bond acceptors (Lipinski definition) is 1. The first-order valence-electron chi connectivity index (χ1n) is 7.49. The number of aryl methyl sites for hydroxylation is 1. The number of benzene rings is 1. The highest BCUT2D eigenvalue weighted by Gasteiger charge is 2.28. The Morgan fingerprint density at radius 3 is 2.44 bits per heavy atom. The minimum Gasteiger partial charge on any atom is -0.330 e. The van der Waals surface area contributed by atoms with Gasteiger partial charge in [0.1, 0.15) is 0 Å². The third kappa shape index (κ3) is 3.14. The number of hydrogen-bond donors (Lipinski definition) is 1. The maximum Gasteiger partial charge on any atom is -0.00486 e. The Morgan fingerprint density at radius 2 is 1.78 bits per heavy atom. The molecule has 2 rings (SSSR count). The summed E-state index contributed by atoms with van der Waals surface area (Å²) < 4.78 is 0. The fourth-order valence-corrected chi connectivity index (χ4v) is 3.42. The Hall–Kier alpha value is -0.820. The van der Waals surface area contributed by atoms with Crippen LogP contribution in [0.2, 0.25) is 0 Å². The van der Waals surface area contributed by atoms with Crippen LogP contribution in [0, 0.1) is 18.8 Å². The van der Waals surface area contributed by atoms with Gasteiger partial charge in [-0.25, -0.2) is 0 Å². The highest BCUT2D eigenvalue weighted by molar-refractivity contribution is 5.25. The Bertz CT molecular complexity index is 354. The zero-order chi connectivity index (χ0) is 13.0. The Kier molecular flexibility index (Phi) is 4.82. The molecule has 1 aromatic carbocycles. The smallest absolute Gasteiger partial charge is 0.00486 e. The molecule has 1 saturated carbocycles. The SMILES string of the molecule is Cc1ccc(C2CCCCCC2C(C)CN)cc1. The summed E-state index contributed by atoms with van der Waals surface area (Å²) in [6, 6.07) is 9.18. The van der Waals surface area contributed by atoms with Crippen LogP contribution >= 0.6 is 0 Å². The summed E-state index contributed by atoms with van der Waals surface area (Å²) in [6.07, 6.45) is 6.87. The van der Waals surface area contributed by atoms with E-state index in [1.165, 1.54) is 43.2 Å². The largest absolute Gasteiger partial charge is 0.330 e. The van der Waals surface area contributed by atoms with Crippen molar-refractivity contribution < 1.29 is 0 Å². The van der Waals surface area contributed by atoms with Crippen molar-refractivity contribution in [3.05, 3.63) is 35.4 Å². The zero-order valence-electron chi connectivity index (χ0n) is 11.9. The van der Waals surface area contributed by atoms with Crippen molar-refractivity contribution in [3.8, 4) is 0 Å². The van der Waals surface area contributed by atoms with Crippen molar-refractivity contribution >= 4 is 0 Å². The van der Waals surface area contributed by atoms with Crippen LogP contribution in [0.4, 0.5) is 0 Å². The summed E-state index contributed by atoms with van der Waals surface area (Å²) in [5.41, 5.74) is 8.81. The molecule has 1 heteroatoms. The van der Waals surface area contributed by atoms with Gasteiger partial charge >= 0.3 is 0 Å². The third-order valence-corrected chi connectivity index (χ3v) is 4.68. The van der Waals surface area contributed by atoms with Gasteiger partial charge in [0.2, 0.25) is 0 Å². The topological polar surface area (TPSA) is 26.0 Å². The molecule has 0 heterocycles. The molecule has 0 amide bonds. The first-order chi connectivity index (χ1) is 8.72. The zero-order valence-corrected chi connectivity index (χ0v) is 11.9. The summed E-state index contributed by atoms with van der Waals surface area (Å²) in [4.78, 5) is 0. The van der Waals surface area contributed by atoms with Gasteiger partial charge in [-0.3, -0.25) is 0 Å². The molecule has 2 N–H and O–H groups in total. The maximum atomic E-state index is 5.92. The van der Waals surface area contributed by atoms with Gasteiger partial charge in [-0.1, -0.05) is 56.0 Å². The molecule has 1 aliphatic carbocycles. The van der Waals surface area contributed by atoms with Crippen molar-refractivity contribution in [2.24, 2.45) is 17.6 Å². The predicted molar refractivity (Wildman–Crippen MR) is 78.7 cm³/mol. The van der Waals surface area contributed by atoms with E-state index in [4.69, 9.17) is 5.73 Å². The summed E-state index contributed by atoms with van der Waals surface area (Å²) >= 11 is 0. The Labute approximate surface area is 112 Å². The van der Waals surface area contributed by atoms with Crippen LogP contribution in [0.15, 0.2) is 24.3 Å². The molecule has 0 aliphatic heterocycles. The van der Waals surface area contributed by atoms with Gasteiger partial charge < -0.3 is 5.73 Å². The fraction of sp³-hybridized carbons (Fsp3) is 0.647. The molecule has 18 heavy (non-hydrogen) atoms. The first kappa shape index (κ1) is 13.6. The molecule has 0 radical (unpaired) electrons. The standard InChI is InChI=1S/C17H27N/c1-13-8-10-15(11-9-13)17-7-5-3-4-6-16(17)14(2)12-18/h8-11,14,16-17H,3-7,12,18H2,1-2H3. The van der Waals surface area contributed by atoms with Crippen LogP contribution in [0.3, 0.4) is 0 Å². The highest BCUT2D eigenvalue weighted by atomic mass is 14.6. The van der Waals surface area contributed by atoms with E-state index in [1.54, 1.807) is 0 Å². The molecular formula is C17H27N. The number of rotatable bonds is 3. The van der Waals surface area contributed by atoms with Crippen LogP contribution in [-0.2, 0) is 0 Å². The summed E-state index contributed by atoms with van der Waals surface area (Å²) in [5, 5.41) is 0. The van der Waals surface area contributed by atoms with Gasteiger partial charge in [-0.05, 0) is 49.6 Å². The lowest BCUT2D eigenvalue weighted by Crippen LogP contribution is -2.25. The van der Waals surface area contributed by atoms with E-state index in [-0.39, 0.29) is 0 Å². The van der Waals surface area contributed by atoms with E-state index < -0.39 is 0 Å². The van der Waals surface area contributed by atoms with Crippen molar-refractivity contribution in [1.82, 2.24) is 0 Å². The summed E-state index contributed by atoms with van der Waals surface area (Å²) in [6.45, 7) is 5.32. The second kappa shape index (κ2) is 6.38. The van der Waals surface area contributed by atoms with Gasteiger partial charge in [0.05, 0.1) is 0 Å². The van der Waals surface area contributed by atoms with Crippen LogP contribution < -0.4 is 5.73 Å². The lowest BCUT2D eigenvalue weighted by atomic mass is 9.75. The van der Waals surface area contributed by atoms with Gasteiger partial charge in [0.25, 0.3) is 0 Å². The quantitative estimate of drug-likeness (QED) is 0.791. The van der Waals surface area contributed by atoms with Gasteiger partial charge in [0, 0.05) is 0 Å². The fourth-order valence-electron chi connectivity index (χ4n) is 3.42. The van der Waals surface area contributed by atoms with Crippen LogP contribution in [-0.4, -0.2) is 6.54 Å². The van der Waals surface area contributed by atoms with E-state index in [2.05, 4.69) is 38.1 Å². The second-order valence-electron chi connectivity index (χ2n) is 6.03. The van der Waals surface area contributed by atoms with Crippen LogP contribution in [0.1, 0.15) is 56.1 Å². The van der Waals surface area contributed by atoms with Crippen molar-refractivity contribution in [1.29, 1.82) is 0 Å². The molecule has 1 aliphatic rings. The molecule has 1 fully saturated rings. The normalized spacial score (nSPS) is 26.6. The molecule has 3 atom stereocenters. The van der Waals surface area contributed by atoms with E-state index in [9.17, 15) is 0 Å². The van der Waals surface area contributed by atoms with E-state index in [1.807, 2.05) is 0 Å². The maximum absolute atomic E-state index is 5.92. The molecule has 0 spiro atoms. The molecule has 1 aromatic rings. The van der Waals surface area contributed by atoms with Gasteiger partial charge in [-0.15, -0.1) is 0 Å². The molecular weight excluding hydrogens is 218 g/mol. The molecule has 100 valence electrons. The second-order valence-corrected chi connectivity index (χ2v) is 6.03. The van der Waals surface area contributed by atoms with Gasteiger partial charge in [0.15, 0.2) is 0 Å². The van der Waals surface area contributed by atoms with Crippen LogP contribution in [0.5, 0.6) is 0 Å². The van der Waals surface area contributed by atoms with Crippen molar-refractivity contribution in [2.45, 2.75) is 51.9 Å². The lowest BCUT2D eigenvalue weighted by Gasteiger charge is -2.30. The average Bonchev–Trinajstić information content (AvgIpc) is 2.64.